The van der Waals surface area contributed by atoms with Crippen LogP contribution in [-0.4, -0.2) is 37.6 Å². The van der Waals surface area contributed by atoms with Gasteiger partial charge < -0.3 is 16.0 Å². The molecule has 3 N–H and O–H groups in total. The van der Waals surface area contributed by atoms with Crippen molar-refractivity contribution in [1.29, 1.82) is 0 Å². The lowest BCUT2D eigenvalue weighted by atomic mass is 9.96. The van der Waals surface area contributed by atoms with E-state index in [0.29, 0.717) is 0 Å². The Balaban J connectivity index is 1.63. The van der Waals surface area contributed by atoms with E-state index in [9.17, 15) is 0 Å². The van der Waals surface area contributed by atoms with Crippen LogP contribution in [0.3, 0.4) is 0 Å². The van der Waals surface area contributed by atoms with Gasteiger partial charge in [-0.05, 0) is 50.9 Å². The van der Waals surface area contributed by atoms with Gasteiger partial charge in [-0.3, -0.25) is 0 Å². The number of nitrogens with one attached hydrogen (secondary N) is 1. The number of rotatable bonds is 6. The molecule has 1 aromatic carbocycles. The van der Waals surface area contributed by atoms with Gasteiger partial charge in [0.15, 0.2) is 0 Å². The standard InChI is InChI=1S/C16H27N3/c1-14-2-4-15(5-3-14)12-18-13-16-6-9-19(10-7-16)11-8-17/h2-5,16,18H,6-13,17H2,1H3. The molecule has 0 aliphatic carbocycles. The normalized spacial score (nSPS) is 17.8. The Kier molecular flexibility index (Phi) is 5.83. The lowest BCUT2D eigenvalue weighted by molar-refractivity contribution is 0.186. The SMILES string of the molecule is Cc1ccc(CNCC2CCN(CCN)CC2)cc1. The minimum Gasteiger partial charge on any atom is -0.329 e. The van der Waals surface area contributed by atoms with E-state index in [1.54, 1.807) is 0 Å². The minimum atomic E-state index is 0.788. The van der Waals surface area contributed by atoms with Crippen LogP contribution in [0.25, 0.3) is 0 Å². The second kappa shape index (κ2) is 7.63. The Morgan fingerprint density at radius 1 is 1.21 bits per heavy atom. The van der Waals surface area contributed by atoms with Crippen molar-refractivity contribution >= 4 is 0 Å². The Morgan fingerprint density at radius 2 is 1.89 bits per heavy atom. The molecule has 0 saturated carbocycles. The summed E-state index contributed by atoms with van der Waals surface area (Å²) in [4.78, 5) is 2.48. The highest BCUT2D eigenvalue weighted by Crippen LogP contribution is 2.16. The van der Waals surface area contributed by atoms with Crippen LogP contribution < -0.4 is 11.1 Å². The number of aryl methyl sites for hydroxylation is 1. The quantitative estimate of drug-likeness (QED) is 0.820. The van der Waals surface area contributed by atoms with Crippen LogP contribution in [0.2, 0.25) is 0 Å². The Bertz CT molecular complexity index is 353. The van der Waals surface area contributed by atoms with Crippen LogP contribution in [0.15, 0.2) is 24.3 Å². The van der Waals surface area contributed by atoms with Gasteiger partial charge in [0.25, 0.3) is 0 Å². The average Bonchev–Trinajstić information content (AvgIpc) is 2.43. The van der Waals surface area contributed by atoms with Crippen molar-refractivity contribution < 1.29 is 0 Å². The molecule has 19 heavy (non-hydrogen) atoms. The van der Waals surface area contributed by atoms with E-state index in [2.05, 4.69) is 41.4 Å². The highest BCUT2D eigenvalue weighted by atomic mass is 15.1. The van der Waals surface area contributed by atoms with Gasteiger partial charge in [-0.15, -0.1) is 0 Å². The van der Waals surface area contributed by atoms with E-state index in [-0.39, 0.29) is 0 Å². The Hall–Kier alpha value is -0.900. The van der Waals surface area contributed by atoms with Crippen LogP contribution in [-0.2, 0) is 6.54 Å². The molecule has 0 unspecified atom stereocenters. The lowest BCUT2D eigenvalue weighted by Gasteiger charge is -2.31. The van der Waals surface area contributed by atoms with E-state index in [1.165, 1.54) is 37.1 Å². The smallest absolute Gasteiger partial charge is 0.0205 e. The summed E-state index contributed by atoms with van der Waals surface area (Å²) in [6.07, 6.45) is 2.61. The molecule has 0 bridgehead atoms. The number of likely N-dealkylation sites (tertiary alicyclic amines) is 1. The summed E-state index contributed by atoms with van der Waals surface area (Å²) in [6.45, 7) is 8.54. The van der Waals surface area contributed by atoms with E-state index < -0.39 is 0 Å². The van der Waals surface area contributed by atoms with Crippen LogP contribution in [0.4, 0.5) is 0 Å². The third-order valence-corrected chi connectivity index (χ3v) is 4.04. The number of piperidine rings is 1. The third kappa shape index (κ3) is 4.94. The molecule has 0 aromatic heterocycles. The second-order valence-electron chi connectivity index (χ2n) is 5.69. The fraction of sp³-hybridized carbons (Fsp3) is 0.625. The van der Waals surface area contributed by atoms with Crippen LogP contribution >= 0.6 is 0 Å². The van der Waals surface area contributed by atoms with E-state index in [1.807, 2.05) is 0 Å². The summed E-state index contributed by atoms with van der Waals surface area (Å²) in [6, 6.07) is 8.79. The van der Waals surface area contributed by atoms with Crippen molar-refractivity contribution in [3.63, 3.8) is 0 Å². The van der Waals surface area contributed by atoms with Crippen molar-refractivity contribution in [2.75, 3.05) is 32.7 Å². The van der Waals surface area contributed by atoms with Crippen LogP contribution in [0.1, 0.15) is 24.0 Å². The van der Waals surface area contributed by atoms with Crippen LogP contribution in [0, 0.1) is 12.8 Å². The van der Waals surface area contributed by atoms with Crippen molar-refractivity contribution in [2.24, 2.45) is 11.7 Å². The topological polar surface area (TPSA) is 41.3 Å². The summed E-state index contributed by atoms with van der Waals surface area (Å²) in [7, 11) is 0. The molecule has 0 amide bonds. The zero-order chi connectivity index (χ0) is 13.5. The highest BCUT2D eigenvalue weighted by molar-refractivity contribution is 5.21. The van der Waals surface area contributed by atoms with Gasteiger partial charge in [-0.25, -0.2) is 0 Å². The first-order valence-electron chi connectivity index (χ1n) is 7.46. The maximum absolute atomic E-state index is 5.60. The highest BCUT2D eigenvalue weighted by Gasteiger charge is 2.17. The molecule has 1 saturated heterocycles. The zero-order valence-corrected chi connectivity index (χ0v) is 12.1. The van der Waals surface area contributed by atoms with E-state index >= 15 is 0 Å². The molecule has 0 radical (unpaired) electrons. The fourth-order valence-electron chi connectivity index (χ4n) is 2.72. The minimum absolute atomic E-state index is 0.788. The number of hydrogen-bond acceptors (Lipinski definition) is 3. The first-order chi connectivity index (χ1) is 9.28. The lowest BCUT2D eigenvalue weighted by Crippen LogP contribution is -2.39. The van der Waals surface area contributed by atoms with Crippen molar-refractivity contribution in [3.05, 3.63) is 35.4 Å². The molecule has 1 fully saturated rings. The maximum atomic E-state index is 5.60. The zero-order valence-electron chi connectivity index (χ0n) is 12.1. The summed E-state index contributed by atoms with van der Waals surface area (Å²) in [5.41, 5.74) is 8.31. The molecule has 3 heteroatoms. The van der Waals surface area contributed by atoms with Gasteiger partial charge in [-0.2, -0.15) is 0 Å². The second-order valence-corrected chi connectivity index (χ2v) is 5.69. The molecule has 2 rings (SSSR count). The summed E-state index contributed by atoms with van der Waals surface area (Å²) < 4.78 is 0. The van der Waals surface area contributed by atoms with Gasteiger partial charge in [0.1, 0.15) is 0 Å². The van der Waals surface area contributed by atoms with Crippen molar-refractivity contribution in [3.8, 4) is 0 Å². The van der Waals surface area contributed by atoms with Crippen molar-refractivity contribution in [2.45, 2.75) is 26.3 Å². The average molecular weight is 261 g/mol. The molecular formula is C16H27N3. The molecule has 106 valence electrons. The van der Waals surface area contributed by atoms with Gasteiger partial charge >= 0.3 is 0 Å². The first-order valence-corrected chi connectivity index (χ1v) is 7.46. The molecule has 3 nitrogen and oxygen atoms in total. The van der Waals surface area contributed by atoms with Gasteiger partial charge in [-0.1, -0.05) is 29.8 Å². The summed E-state index contributed by atoms with van der Waals surface area (Å²) in [5, 5.41) is 3.59. The molecule has 0 spiro atoms. The third-order valence-electron chi connectivity index (χ3n) is 4.04. The number of nitrogens with two attached hydrogens (primary N) is 1. The molecule has 1 aliphatic heterocycles. The predicted molar refractivity (Wildman–Crippen MR) is 81.1 cm³/mol. The fourth-order valence-corrected chi connectivity index (χ4v) is 2.72. The largest absolute Gasteiger partial charge is 0.329 e. The van der Waals surface area contributed by atoms with Crippen LogP contribution in [0.5, 0.6) is 0 Å². The monoisotopic (exact) mass is 261 g/mol. The van der Waals surface area contributed by atoms with E-state index in [4.69, 9.17) is 5.73 Å². The number of hydrogen-bond donors (Lipinski definition) is 2. The number of benzene rings is 1. The summed E-state index contributed by atoms with van der Waals surface area (Å²) in [5.74, 6) is 0.833. The molecule has 1 heterocycles. The first kappa shape index (κ1) is 14.5. The number of nitrogens with zero attached hydrogens (tertiary/aromatic N) is 1. The maximum Gasteiger partial charge on any atom is 0.0205 e. The van der Waals surface area contributed by atoms with E-state index in [0.717, 1.165) is 32.1 Å². The Morgan fingerprint density at radius 3 is 2.53 bits per heavy atom. The summed E-state index contributed by atoms with van der Waals surface area (Å²) >= 11 is 0. The van der Waals surface area contributed by atoms with Crippen molar-refractivity contribution in [1.82, 2.24) is 10.2 Å². The Labute approximate surface area is 117 Å². The predicted octanol–water partition coefficient (Wildman–Crippen LogP) is 1.76. The molecule has 1 aliphatic rings. The molecule has 0 atom stereocenters. The van der Waals surface area contributed by atoms with Gasteiger partial charge in [0.05, 0.1) is 0 Å². The molecule has 1 aromatic rings. The van der Waals surface area contributed by atoms with Gasteiger partial charge in [0.2, 0.25) is 0 Å². The molecular weight excluding hydrogens is 234 g/mol. The van der Waals surface area contributed by atoms with Gasteiger partial charge in [0, 0.05) is 19.6 Å².